The van der Waals surface area contributed by atoms with Gasteiger partial charge in [0.1, 0.15) is 16.4 Å². The molecule has 0 aromatic carbocycles. The van der Waals surface area contributed by atoms with E-state index in [2.05, 4.69) is 15.5 Å². The number of morpholine rings is 1. The van der Waals surface area contributed by atoms with Crippen molar-refractivity contribution in [2.24, 2.45) is 7.05 Å². The van der Waals surface area contributed by atoms with Crippen LogP contribution in [-0.2, 0) is 24.5 Å². The maximum atomic E-state index is 13.0. The van der Waals surface area contributed by atoms with Crippen LogP contribution in [0.1, 0.15) is 33.6 Å². The van der Waals surface area contributed by atoms with E-state index < -0.39 is 28.5 Å². The molecular formula is C16H18ClF3N6O3. The molecule has 2 aromatic heterocycles. The maximum absolute atomic E-state index is 13.0. The number of hydrogen-bond acceptors (Lipinski definition) is 5. The van der Waals surface area contributed by atoms with Crippen molar-refractivity contribution in [2.75, 3.05) is 31.6 Å². The summed E-state index contributed by atoms with van der Waals surface area (Å²) in [5.74, 6) is -1.30. The molecular weight excluding hydrogens is 417 g/mol. The summed E-state index contributed by atoms with van der Waals surface area (Å²) in [6.45, 7) is 3.65. The summed E-state index contributed by atoms with van der Waals surface area (Å²) in [6.07, 6.45) is -3.54. The highest BCUT2D eigenvalue weighted by atomic mass is 35.5. The Morgan fingerprint density at radius 1 is 1.28 bits per heavy atom. The van der Waals surface area contributed by atoms with Crippen LogP contribution in [0.4, 0.5) is 18.9 Å². The van der Waals surface area contributed by atoms with Crippen LogP contribution in [0.15, 0.2) is 6.20 Å². The first-order valence-electron chi connectivity index (χ1n) is 8.69. The molecule has 3 heterocycles. The minimum Gasteiger partial charge on any atom is -0.378 e. The standard InChI is InChI=1S/C16H18ClF3N6O3/c1-3-26-11(15(28)25-4-6-29-7-5-25)9(8-21-26)22-14(27)12-10(17)13(16(18,19)20)23-24(12)2/h8H,3-7H2,1-2H3,(H,22,27). The van der Waals surface area contributed by atoms with Gasteiger partial charge >= 0.3 is 6.18 Å². The molecule has 1 saturated heterocycles. The van der Waals surface area contributed by atoms with E-state index in [-0.39, 0.29) is 17.3 Å². The van der Waals surface area contributed by atoms with Gasteiger partial charge in [-0.05, 0) is 6.92 Å². The van der Waals surface area contributed by atoms with Crippen molar-refractivity contribution in [1.82, 2.24) is 24.5 Å². The highest BCUT2D eigenvalue weighted by Gasteiger charge is 2.40. The average molecular weight is 435 g/mol. The number of aryl methyl sites for hydroxylation is 2. The lowest BCUT2D eigenvalue weighted by Gasteiger charge is -2.27. The first kappa shape index (κ1) is 21.1. The smallest absolute Gasteiger partial charge is 0.378 e. The number of anilines is 1. The quantitative estimate of drug-likeness (QED) is 0.794. The van der Waals surface area contributed by atoms with Gasteiger partial charge in [-0.3, -0.25) is 19.0 Å². The van der Waals surface area contributed by atoms with Crippen LogP contribution >= 0.6 is 11.6 Å². The topological polar surface area (TPSA) is 94.3 Å². The molecule has 3 rings (SSSR count). The number of ether oxygens (including phenoxy) is 1. The van der Waals surface area contributed by atoms with Gasteiger partial charge in [0.05, 0.1) is 25.1 Å². The van der Waals surface area contributed by atoms with Crippen LogP contribution in [0, 0.1) is 0 Å². The summed E-state index contributed by atoms with van der Waals surface area (Å²) in [7, 11) is 1.17. The second-order valence-electron chi connectivity index (χ2n) is 6.21. The van der Waals surface area contributed by atoms with Crippen molar-refractivity contribution in [1.29, 1.82) is 0 Å². The number of alkyl halides is 3. The summed E-state index contributed by atoms with van der Waals surface area (Å²) >= 11 is 5.76. The normalized spacial score (nSPS) is 14.9. The van der Waals surface area contributed by atoms with Gasteiger partial charge in [0.25, 0.3) is 11.8 Å². The Hall–Kier alpha value is -2.60. The lowest BCUT2D eigenvalue weighted by molar-refractivity contribution is -0.141. The molecule has 29 heavy (non-hydrogen) atoms. The van der Waals surface area contributed by atoms with E-state index in [1.54, 1.807) is 11.8 Å². The van der Waals surface area contributed by atoms with Crippen molar-refractivity contribution < 1.29 is 27.5 Å². The predicted molar refractivity (Wildman–Crippen MR) is 95.8 cm³/mol. The molecule has 0 aliphatic carbocycles. The van der Waals surface area contributed by atoms with Gasteiger partial charge in [-0.1, -0.05) is 11.6 Å². The Morgan fingerprint density at radius 2 is 1.93 bits per heavy atom. The van der Waals surface area contributed by atoms with E-state index in [0.29, 0.717) is 32.8 Å². The third-order valence-corrected chi connectivity index (χ3v) is 4.72. The minimum absolute atomic E-state index is 0.0687. The zero-order chi connectivity index (χ0) is 21.3. The number of aromatic nitrogens is 4. The first-order valence-corrected chi connectivity index (χ1v) is 9.06. The fraction of sp³-hybridized carbons (Fsp3) is 0.500. The number of carbonyl (C=O) groups is 2. The lowest BCUT2D eigenvalue weighted by atomic mass is 10.2. The Balaban J connectivity index is 1.91. The highest BCUT2D eigenvalue weighted by Crippen LogP contribution is 2.35. The molecule has 0 bridgehead atoms. The Labute approximate surface area is 168 Å². The molecule has 0 radical (unpaired) electrons. The van der Waals surface area contributed by atoms with E-state index in [1.165, 1.54) is 17.9 Å². The zero-order valence-electron chi connectivity index (χ0n) is 15.6. The van der Waals surface area contributed by atoms with E-state index in [0.717, 1.165) is 4.68 Å². The van der Waals surface area contributed by atoms with Gasteiger partial charge in [-0.2, -0.15) is 23.4 Å². The summed E-state index contributed by atoms with van der Waals surface area (Å²) in [6, 6.07) is 0. The lowest BCUT2D eigenvalue weighted by Crippen LogP contribution is -2.41. The molecule has 1 N–H and O–H groups in total. The Morgan fingerprint density at radius 3 is 2.48 bits per heavy atom. The zero-order valence-corrected chi connectivity index (χ0v) is 16.3. The van der Waals surface area contributed by atoms with Crippen LogP contribution in [-0.4, -0.2) is 62.6 Å². The van der Waals surface area contributed by atoms with E-state index in [4.69, 9.17) is 16.3 Å². The second-order valence-corrected chi connectivity index (χ2v) is 6.59. The van der Waals surface area contributed by atoms with Crippen LogP contribution in [0.2, 0.25) is 5.02 Å². The fourth-order valence-electron chi connectivity index (χ4n) is 2.97. The van der Waals surface area contributed by atoms with Crippen molar-refractivity contribution in [2.45, 2.75) is 19.6 Å². The van der Waals surface area contributed by atoms with Gasteiger partial charge < -0.3 is 15.0 Å². The number of hydrogen-bond donors (Lipinski definition) is 1. The molecule has 2 amide bonds. The molecule has 158 valence electrons. The second kappa shape index (κ2) is 8.03. The van der Waals surface area contributed by atoms with Gasteiger partial charge in [0.2, 0.25) is 0 Å². The highest BCUT2D eigenvalue weighted by molar-refractivity contribution is 6.35. The van der Waals surface area contributed by atoms with Gasteiger partial charge in [-0.15, -0.1) is 0 Å². The first-order chi connectivity index (χ1) is 13.6. The number of amides is 2. The molecule has 0 atom stereocenters. The third kappa shape index (κ3) is 4.08. The van der Waals surface area contributed by atoms with Crippen molar-refractivity contribution in [3.05, 3.63) is 28.3 Å². The van der Waals surface area contributed by atoms with Gasteiger partial charge in [0.15, 0.2) is 5.69 Å². The van der Waals surface area contributed by atoms with Crippen molar-refractivity contribution in [3.63, 3.8) is 0 Å². The van der Waals surface area contributed by atoms with E-state index in [9.17, 15) is 22.8 Å². The Bertz CT molecular complexity index is 933. The molecule has 0 spiro atoms. The molecule has 13 heteroatoms. The SMILES string of the molecule is CCn1ncc(NC(=O)c2c(Cl)c(C(F)(F)F)nn2C)c1C(=O)N1CCOCC1. The number of nitrogens with zero attached hydrogens (tertiary/aromatic N) is 5. The van der Waals surface area contributed by atoms with Crippen LogP contribution in [0.25, 0.3) is 0 Å². The summed E-state index contributed by atoms with van der Waals surface area (Å²) in [5, 5.41) is 8.98. The molecule has 0 unspecified atom stereocenters. The van der Waals surface area contributed by atoms with Crippen LogP contribution < -0.4 is 5.32 Å². The van der Waals surface area contributed by atoms with E-state index >= 15 is 0 Å². The number of nitrogens with one attached hydrogen (secondary N) is 1. The average Bonchev–Trinajstić information content (AvgIpc) is 3.21. The number of halogens is 4. The fourth-order valence-corrected chi connectivity index (χ4v) is 3.32. The third-order valence-electron chi connectivity index (χ3n) is 4.36. The van der Waals surface area contributed by atoms with Gasteiger partial charge in [-0.25, -0.2) is 0 Å². The monoisotopic (exact) mass is 434 g/mol. The molecule has 1 fully saturated rings. The van der Waals surface area contributed by atoms with Crippen molar-refractivity contribution >= 4 is 29.1 Å². The van der Waals surface area contributed by atoms with E-state index in [1.807, 2.05) is 0 Å². The maximum Gasteiger partial charge on any atom is 0.436 e. The summed E-state index contributed by atoms with van der Waals surface area (Å²) in [5.41, 5.74) is -1.65. The van der Waals surface area contributed by atoms with Crippen LogP contribution in [0.3, 0.4) is 0 Å². The number of carbonyl (C=O) groups excluding carboxylic acids is 2. The molecule has 9 nitrogen and oxygen atoms in total. The molecule has 1 aliphatic heterocycles. The predicted octanol–water partition coefficient (Wildman–Crippen LogP) is 2.03. The molecule has 0 saturated carbocycles. The molecule has 2 aromatic rings. The summed E-state index contributed by atoms with van der Waals surface area (Å²) < 4.78 is 46.4. The summed E-state index contributed by atoms with van der Waals surface area (Å²) in [4.78, 5) is 27.1. The molecule has 1 aliphatic rings. The largest absolute Gasteiger partial charge is 0.436 e. The minimum atomic E-state index is -4.81. The number of rotatable bonds is 4. The van der Waals surface area contributed by atoms with Crippen LogP contribution in [0.5, 0.6) is 0 Å². The Kier molecular flexibility index (Phi) is 5.85. The van der Waals surface area contributed by atoms with Gasteiger partial charge in [0, 0.05) is 26.7 Å². The van der Waals surface area contributed by atoms with Crippen molar-refractivity contribution in [3.8, 4) is 0 Å².